The van der Waals surface area contributed by atoms with E-state index in [1.165, 1.54) is 22.1 Å². The van der Waals surface area contributed by atoms with Crippen LogP contribution in [0.5, 0.6) is 0 Å². The lowest BCUT2D eigenvalue weighted by atomic mass is 9.85. The number of unbranched alkanes of at least 4 members (excludes halogenated alkanes) is 4. The number of nitrogens with one attached hydrogen (secondary N) is 3. The first-order chi connectivity index (χ1) is 23.7. The van der Waals surface area contributed by atoms with Gasteiger partial charge in [0.15, 0.2) is 0 Å². The van der Waals surface area contributed by atoms with E-state index in [-0.39, 0.29) is 19.6 Å². The van der Waals surface area contributed by atoms with E-state index in [0.29, 0.717) is 38.6 Å². The van der Waals surface area contributed by atoms with Crippen molar-refractivity contribution in [3.05, 3.63) is 48.0 Å². The van der Waals surface area contributed by atoms with Gasteiger partial charge in [0, 0.05) is 19.1 Å². The normalized spacial score (nSPS) is 22.4. The average Bonchev–Trinajstić information content (AvgIpc) is 3.99. The quantitative estimate of drug-likeness (QED) is 0.123. The van der Waals surface area contributed by atoms with Crippen LogP contribution in [0, 0.1) is 11.3 Å². The Balaban J connectivity index is 1.22. The summed E-state index contributed by atoms with van der Waals surface area (Å²) in [5.74, 6) is -2.18. The first-order valence-corrected chi connectivity index (χ1v) is 19.7. The van der Waals surface area contributed by atoms with Crippen LogP contribution in [0.15, 0.2) is 36.9 Å². The number of amides is 4. The Labute approximate surface area is 297 Å². The standard InChI is InChI=1S/C37H56N4O8S/c1-5-28-25-37(28,34(45)40-50(47,48)29-19-20-29)39-32(43)30-18-12-21-41(30)33(44)31(36(2,3)4)38-35(46)49-23-10-8-6-7-9-14-26-15-11-16-27(24-26)17-13-22-42/h5,11,15-16,24,28-31,42H,1,6-10,12-14,17-23,25H2,2-4H3,(H,38,46)(H,39,43)(H,40,45)/t28-,30+,31-,37-/m1/s1. The van der Waals surface area contributed by atoms with Crippen LogP contribution in [-0.2, 0) is 42.0 Å². The Morgan fingerprint density at radius 2 is 1.70 bits per heavy atom. The largest absolute Gasteiger partial charge is 0.450 e. The molecule has 13 heteroatoms. The molecule has 0 bridgehead atoms. The van der Waals surface area contributed by atoms with Gasteiger partial charge in [0.1, 0.15) is 17.6 Å². The second-order valence-electron chi connectivity index (χ2n) is 15.1. The molecular weight excluding hydrogens is 660 g/mol. The van der Waals surface area contributed by atoms with Crippen molar-refractivity contribution < 1.29 is 37.4 Å². The first-order valence-electron chi connectivity index (χ1n) is 18.1. The Kier molecular flexibility index (Phi) is 13.5. The molecular formula is C37H56N4O8S. The molecule has 0 unspecified atom stereocenters. The Morgan fingerprint density at radius 3 is 2.32 bits per heavy atom. The summed E-state index contributed by atoms with van der Waals surface area (Å²) in [4.78, 5) is 54.9. The predicted molar refractivity (Wildman–Crippen MR) is 190 cm³/mol. The van der Waals surface area contributed by atoms with E-state index in [2.05, 4.69) is 46.2 Å². The molecule has 2 saturated carbocycles. The van der Waals surface area contributed by atoms with Crippen LogP contribution in [0.1, 0.15) is 103 Å². The number of rotatable bonds is 19. The highest BCUT2D eigenvalue weighted by Gasteiger charge is 2.61. The van der Waals surface area contributed by atoms with Gasteiger partial charge < -0.3 is 25.4 Å². The SMILES string of the molecule is C=C[C@@H]1C[C@]1(NC(=O)[C@@H]1CCCN1C(=O)[C@@H](NC(=O)OCCCCCCCc1cccc(CCCO)c1)C(C)(C)C)C(=O)NS(=O)(=O)C1CC1. The maximum Gasteiger partial charge on any atom is 0.407 e. The number of alkyl carbamates (subject to hydrolysis) is 1. The maximum atomic E-state index is 13.9. The number of hydrogen-bond donors (Lipinski definition) is 4. The topological polar surface area (TPSA) is 171 Å². The number of carbonyl (C=O) groups is 4. The number of hydrogen-bond acceptors (Lipinski definition) is 8. The van der Waals surface area contributed by atoms with E-state index in [1.54, 1.807) is 0 Å². The molecule has 4 amide bonds. The van der Waals surface area contributed by atoms with Crippen molar-refractivity contribution in [2.45, 2.75) is 127 Å². The molecule has 4 N–H and O–H groups in total. The van der Waals surface area contributed by atoms with Crippen LogP contribution in [-0.4, -0.2) is 84.9 Å². The van der Waals surface area contributed by atoms with Crippen LogP contribution in [0.3, 0.4) is 0 Å². The molecule has 4 rings (SSSR count). The van der Waals surface area contributed by atoms with E-state index < -0.39 is 68.0 Å². The second kappa shape index (κ2) is 17.2. The van der Waals surface area contributed by atoms with Crippen molar-refractivity contribution in [2.24, 2.45) is 11.3 Å². The number of aliphatic hydroxyl groups is 1. The van der Waals surface area contributed by atoms with E-state index in [9.17, 15) is 27.6 Å². The minimum Gasteiger partial charge on any atom is -0.450 e. The van der Waals surface area contributed by atoms with Crippen molar-refractivity contribution in [3.63, 3.8) is 0 Å². The van der Waals surface area contributed by atoms with E-state index in [4.69, 9.17) is 9.84 Å². The highest BCUT2D eigenvalue weighted by molar-refractivity contribution is 7.91. The molecule has 0 radical (unpaired) electrons. The van der Waals surface area contributed by atoms with Gasteiger partial charge in [-0.15, -0.1) is 6.58 Å². The van der Waals surface area contributed by atoms with Gasteiger partial charge in [0.2, 0.25) is 21.8 Å². The lowest BCUT2D eigenvalue weighted by molar-refractivity contribution is -0.142. The van der Waals surface area contributed by atoms with E-state index in [0.717, 1.165) is 44.9 Å². The number of ether oxygens (including phenoxy) is 1. The Hall–Kier alpha value is -3.45. The highest BCUT2D eigenvalue weighted by atomic mass is 32.2. The summed E-state index contributed by atoms with van der Waals surface area (Å²) in [5, 5.41) is 14.0. The zero-order chi connectivity index (χ0) is 36.5. The molecule has 4 atom stereocenters. The second-order valence-corrected chi connectivity index (χ2v) is 17.1. The molecule has 3 aliphatic rings. The lowest BCUT2D eigenvalue weighted by Gasteiger charge is -2.35. The monoisotopic (exact) mass is 716 g/mol. The van der Waals surface area contributed by atoms with Gasteiger partial charge in [-0.1, -0.05) is 70.4 Å². The fourth-order valence-electron chi connectivity index (χ4n) is 6.65. The van der Waals surface area contributed by atoms with E-state index in [1.807, 2.05) is 20.8 Å². The van der Waals surface area contributed by atoms with E-state index >= 15 is 0 Å². The van der Waals surface area contributed by atoms with Crippen molar-refractivity contribution in [3.8, 4) is 0 Å². The number of likely N-dealkylation sites (tertiary alicyclic amines) is 1. The smallest absolute Gasteiger partial charge is 0.407 e. The number of aliphatic hydroxyl groups excluding tert-OH is 1. The molecule has 1 aliphatic heterocycles. The van der Waals surface area contributed by atoms with Crippen LogP contribution in [0.25, 0.3) is 0 Å². The van der Waals surface area contributed by atoms with Gasteiger partial charge in [-0.05, 0) is 80.8 Å². The minimum atomic E-state index is -3.81. The third-order valence-corrected chi connectivity index (χ3v) is 11.7. The zero-order valence-electron chi connectivity index (χ0n) is 29.9. The number of carbonyl (C=O) groups excluding carboxylic acids is 4. The Morgan fingerprint density at radius 1 is 1.04 bits per heavy atom. The van der Waals surface area contributed by atoms with Crippen molar-refractivity contribution in [1.29, 1.82) is 0 Å². The summed E-state index contributed by atoms with van der Waals surface area (Å²) < 4.78 is 32.5. The average molecular weight is 717 g/mol. The molecule has 50 heavy (non-hydrogen) atoms. The first kappa shape index (κ1) is 39.3. The molecule has 1 saturated heterocycles. The third kappa shape index (κ3) is 10.5. The van der Waals surface area contributed by atoms with Crippen molar-refractivity contribution >= 4 is 33.8 Å². The summed E-state index contributed by atoms with van der Waals surface area (Å²) in [6.45, 7) is 9.93. The summed E-state index contributed by atoms with van der Waals surface area (Å²) in [7, 11) is -3.81. The number of aryl methyl sites for hydroxylation is 2. The minimum absolute atomic E-state index is 0.199. The molecule has 12 nitrogen and oxygen atoms in total. The maximum absolute atomic E-state index is 13.9. The van der Waals surface area contributed by atoms with Crippen LogP contribution >= 0.6 is 0 Å². The molecule has 1 aromatic rings. The van der Waals surface area contributed by atoms with Crippen molar-refractivity contribution in [2.75, 3.05) is 19.8 Å². The van der Waals surface area contributed by atoms with Gasteiger partial charge in [-0.2, -0.15) is 0 Å². The summed E-state index contributed by atoms with van der Waals surface area (Å²) in [5.41, 5.74) is 0.432. The molecule has 0 spiro atoms. The third-order valence-electron chi connectivity index (χ3n) is 9.92. The highest BCUT2D eigenvalue weighted by Crippen LogP contribution is 2.45. The van der Waals surface area contributed by atoms with Crippen molar-refractivity contribution in [1.82, 2.24) is 20.3 Å². The summed E-state index contributed by atoms with van der Waals surface area (Å²) in [6, 6.07) is 6.67. The van der Waals surface area contributed by atoms with Gasteiger partial charge in [0.05, 0.1) is 11.9 Å². The lowest BCUT2D eigenvalue weighted by Crippen LogP contribution is -2.60. The predicted octanol–water partition coefficient (Wildman–Crippen LogP) is 3.91. The molecule has 278 valence electrons. The van der Waals surface area contributed by atoms with Gasteiger partial charge in [0.25, 0.3) is 5.91 Å². The molecule has 3 fully saturated rings. The van der Waals surface area contributed by atoms with Gasteiger partial charge >= 0.3 is 6.09 Å². The zero-order valence-corrected chi connectivity index (χ0v) is 30.7. The van der Waals surface area contributed by atoms with Gasteiger partial charge in [-0.3, -0.25) is 19.1 Å². The number of benzene rings is 1. The fraction of sp³-hybridized carbons (Fsp3) is 0.676. The van der Waals surface area contributed by atoms with Crippen LogP contribution in [0.2, 0.25) is 0 Å². The van der Waals surface area contributed by atoms with Gasteiger partial charge in [-0.25, -0.2) is 13.2 Å². The molecule has 0 aromatic heterocycles. The number of sulfonamides is 1. The molecule has 2 aliphatic carbocycles. The summed E-state index contributed by atoms with van der Waals surface area (Å²) in [6.07, 6.45) is 10.4. The van der Waals surface area contributed by atoms with Crippen LogP contribution < -0.4 is 15.4 Å². The molecule has 1 heterocycles. The fourth-order valence-corrected chi connectivity index (χ4v) is 8.01. The molecule has 1 aromatic carbocycles. The number of nitrogens with zero attached hydrogens (tertiary/aromatic N) is 1. The summed E-state index contributed by atoms with van der Waals surface area (Å²) >= 11 is 0. The van der Waals surface area contributed by atoms with Crippen LogP contribution in [0.4, 0.5) is 4.79 Å². The Bertz CT molecular complexity index is 1490.